The zero-order valence-electron chi connectivity index (χ0n) is 14.4. The van der Waals surface area contributed by atoms with Crippen LogP contribution in [-0.4, -0.2) is 37.2 Å². The molecule has 6 nitrogen and oxygen atoms in total. The second-order valence-corrected chi connectivity index (χ2v) is 7.97. The molecule has 0 amide bonds. The molecule has 0 saturated carbocycles. The molecule has 5 aliphatic rings. The first kappa shape index (κ1) is 15.2. The third kappa shape index (κ3) is 1.89. The summed E-state index contributed by atoms with van der Waals surface area (Å²) in [6.45, 7) is 2.59. The maximum absolute atomic E-state index is 12.0. The Balaban J connectivity index is 1.38. The zero-order valence-corrected chi connectivity index (χ0v) is 14.4. The van der Waals surface area contributed by atoms with E-state index >= 15 is 0 Å². The van der Waals surface area contributed by atoms with E-state index in [1.54, 1.807) is 12.5 Å². The minimum atomic E-state index is -0.300. The van der Waals surface area contributed by atoms with Crippen molar-refractivity contribution >= 4 is 5.97 Å². The Kier molecular flexibility index (Phi) is 2.98. The van der Waals surface area contributed by atoms with Crippen LogP contribution in [0.4, 0.5) is 0 Å². The molecule has 4 aliphatic heterocycles. The molecule has 1 aliphatic carbocycles. The molecule has 1 aromatic rings. The van der Waals surface area contributed by atoms with Crippen molar-refractivity contribution in [1.82, 2.24) is 0 Å². The highest BCUT2D eigenvalue weighted by molar-refractivity contribution is 5.94. The van der Waals surface area contributed by atoms with Gasteiger partial charge in [0.15, 0.2) is 6.29 Å². The van der Waals surface area contributed by atoms with Crippen LogP contribution in [0.1, 0.15) is 31.4 Å². The summed E-state index contributed by atoms with van der Waals surface area (Å²) in [5.74, 6) is 0.0150. The van der Waals surface area contributed by atoms with Crippen LogP contribution >= 0.6 is 0 Å². The van der Waals surface area contributed by atoms with Crippen LogP contribution in [-0.2, 0) is 23.7 Å². The van der Waals surface area contributed by atoms with Gasteiger partial charge in [0.2, 0.25) is 0 Å². The molecule has 6 rings (SSSR count). The fourth-order valence-corrected chi connectivity index (χ4v) is 5.26. The van der Waals surface area contributed by atoms with Gasteiger partial charge < -0.3 is 23.4 Å². The van der Waals surface area contributed by atoms with E-state index in [1.807, 2.05) is 18.2 Å². The number of hydrogen-bond acceptors (Lipinski definition) is 6. The van der Waals surface area contributed by atoms with Gasteiger partial charge in [-0.25, -0.2) is 4.79 Å². The van der Waals surface area contributed by atoms with Gasteiger partial charge in [0.05, 0.1) is 41.8 Å². The Morgan fingerprint density at radius 3 is 3.00 bits per heavy atom. The van der Waals surface area contributed by atoms with Crippen LogP contribution < -0.4 is 0 Å². The first-order valence-corrected chi connectivity index (χ1v) is 9.22. The maximum Gasteiger partial charge on any atom is 0.338 e. The van der Waals surface area contributed by atoms with Gasteiger partial charge in [-0.3, -0.25) is 0 Å². The molecule has 3 saturated heterocycles. The summed E-state index contributed by atoms with van der Waals surface area (Å²) in [5, 5.41) is 0. The van der Waals surface area contributed by atoms with Crippen molar-refractivity contribution in [2.45, 2.75) is 50.5 Å². The third-order valence-corrected chi connectivity index (χ3v) is 6.82. The van der Waals surface area contributed by atoms with Crippen molar-refractivity contribution in [3.05, 3.63) is 47.5 Å². The van der Waals surface area contributed by atoms with Crippen LogP contribution in [0.3, 0.4) is 0 Å². The molecular formula is C20H20O6. The van der Waals surface area contributed by atoms with Crippen LogP contribution in [0.5, 0.6) is 0 Å². The first-order valence-electron chi connectivity index (χ1n) is 9.22. The number of esters is 1. The van der Waals surface area contributed by atoms with Gasteiger partial charge in [0, 0.05) is 5.56 Å². The molecule has 3 fully saturated rings. The normalized spacial score (nSPS) is 47.2. The number of hydrogen-bond donors (Lipinski definition) is 0. The second kappa shape index (κ2) is 5.09. The van der Waals surface area contributed by atoms with E-state index in [1.165, 1.54) is 0 Å². The maximum atomic E-state index is 12.0. The lowest BCUT2D eigenvalue weighted by molar-refractivity contribution is -0.154. The van der Waals surface area contributed by atoms with Crippen LogP contribution in [0.15, 0.2) is 46.3 Å². The van der Waals surface area contributed by atoms with Gasteiger partial charge in [-0.05, 0) is 36.5 Å². The zero-order chi connectivity index (χ0) is 17.5. The van der Waals surface area contributed by atoms with Crippen molar-refractivity contribution in [3.8, 4) is 0 Å². The first-order chi connectivity index (χ1) is 12.7. The SMILES string of the molecule is C[C@@H]1[C@H]2CC3=C(/C=C/[C@H]4O[C@@H]4[C@@]14C[C@H](c1ccoc1)OC4O2)C(=O)OC3. The Bertz CT molecular complexity index is 823. The highest BCUT2D eigenvalue weighted by Crippen LogP contribution is 2.63. The molecule has 6 heteroatoms. The topological polar surface area (TPSA) is 70.4 Å². The van der Waals surface area contributed by atoms with Gasteiger partial charge in [-0.1, -0.05) is 13.0 Å². The van der Waals surface area contributed by atoms with E-state index in [0.717, 1.165) is 17.6 Å². The molecular weight excluding hydrogens is 336 g/mol. The summed E-state index contributed by atoms with van der Waals surface area (Å²) in [4.78, 5) is 12.0. The molecule has 1 spiro atoms. The third-order valence-electron chi connectivity index (χ3n) is 6.82. The number of ether oxygens (including phenoxy) is 4. The van der Waals surface area contributed by atoms with Crippen molar-refractivity contribution < 1.29 is 28.2 Å². The van der Waals surface area contributed by atoms with Crippen molar-refractivity contribution in [2.24, 2.45) is 11.3 Å². The Morgan fingerprint density at radius 2 is 2.15 bits per heavy atom. The van der Waals surface area contributed by atoms with Crippen molar-refractivity contribution in [2.75, 3.05) is 6.61 Å². The fraction of sp³-hybridized carbons (Fsp3) is 0.550. The van der Waals surface area contributed by atoms with Crippen LogP contribution in [0.25, 0.3) is 0 Å². The quantitative estimate of drug-likeness (QED) is 0.569. The second-order valence-electron chi connectivity index (χ2n) is 7.97. The standard InChI is InChI=1S/C20H20O6/c1-10-15-6-12-9-23-18(21)13(12)2-3-14-17(24-14)20(10)7-16(26-19(20)25-15)11-4-5-22-8-11/h2-5,8,10,14-17,19H,6-7,9H2,1H3/b3-2+/t10-,14-,15-,16-,17+,19?,20-/m1/s1. The molecule has 136 valence electrons. The lowest BCUT2D eigenvalue weighted by atomic mass is 9.68. The minimum Gasteiger partial charge on any atom is -0.472 e. The Morgan fingerprint density at radius 1 is 1.23 bits per heavy atom. The highest BCUT2D eigenvalue weighted by atomic mass is 16.7. The van der Waals surface area contributed by atoms with Crippen LogP contribution in [0, 0.1) is 11.3 Å². The molecule has 0 aromatic carbocycles. The lowest BCUT2D eigenvalue weighted by Gasteiger charge is -2.30. The summed E-state index contributed by atoms with van der Waals surface area (Å²) in [6.07, 6.45) is 8.55. The Hall–Kier alpha value is -1.89. The van der Waals surface area contributed by atoms with Gasteiger partial charge in [0.1, 0.15) is 12.7 Å². The van der Waals surface area contributed by atoms with Crippen molar-refractivity contribution in [3.63, 3.8) is 0 Å². The summed E-state index contributed by atoms with van der Waals surface area (Å²) >= 11 is 0. The monoisotopic (exact) mass is 356 g/mol. The smallest absolute Gasteiger partial charge is 0.338 e. The van der Waals surface area contributed by atoms with E-state index < -0.39 is 0 Å². The number of epoxide rings is 1. The predicted octanol–water partition coefficient (Wildman–Crippen LogP) is 2.67. The molecule has 2 bridgehead atoms. The van der Waals surface area contributed by atoms with E-state index in [0.29, 0.717) is 18.6 Å². The predicted molar refractivity (Wildman–Crippen MR) is 87.8 cm³/mol. The Labute approximate surface area is 150 Å². The average molecular weight is 356 g/mol. The summed E-state index contributed by atoms with van der Waals surface area (Å²) in [5.41, 5.74) is 2.55. The number of carbonyl (C=O) groups is 1. The molecule has 0 radical (unpaired) electrons. The average Bonchev–Trinajstić information content (AvgIpc) is 3.00. The van der Waals surface area contributed by atoms with E-state index in [-0.39, 0.29) is 48.0 Å². The molecule has 26 heavy (non-hydrogen) atoms. The highest BCUT2D eigenvalue weighted by Gasteiger charge is 2.70. The summed E-state index contributed by atoms with van der Waals surface area (Å²) < 4.78 is 29.3. The van der Waals surface area contributed by atoms with E-state index in [4.69, 9.17) is 23.4 Å². The van der Waals surface area contributed by atoms with Crippen LogP contribution in [0.2, 0.25) is 0 Å². The number of rotatable bonds is 1. The van der Waals surface area contributed by atoms with Crippen molar-refractivity contribution in [1.29, 1.82) is 0 Å². The van der Waals surface area contributed by atoms with Gasteiger partial charge in [-0.15, -0.1) is 0 Å². The van der Waals surface area contributed by atoms with Gasteiger partial charge in [-0.2, -0.15) is 0 Å². The lowest BCUT2D eigenvalue weighted by Crippen LogP contribution is -2.39. The summed E-state index contributed by atoms with van der Waals surface area (Å²) in [6, 6.07) is 1.95. The van der Waals surface area contributed by atoms with Gasteiger partial charge >= 0.3 is 5.97 Å². The number of fused-ring (bicyclic) bond motifs is 2. The van der Waals surface area contributed by atoms with E-state index in [2.05, 4.69) is 6.92 Å². The molecule has 5 heterocycles. The number of cyclic esters (lactones) is 1. The summed E-state index contributed by atoms with van der Waals surface area (Å²) in [7, 11) is 0. The minimum absolute atomic E-state index is 0.00106. The molecule has 1 unspecified atom stereocenters. The number of carbonyl (C=O) groups excluding carboxylic acids is 1. The molecule has 0 N–H and O–H groups in total. The number of furan rings is 1. The molecule has 7 atom stereocenters. The largest absolute Gasteiger partial charge is 0.472 e. The van der Waals surface area contributed by atoms with Gasteiger partial charge in [0.25, 0.3) is 0 Å². The fourth-order valence-electron chi connectivity index (χ4n) is 5.26. The molecule has 1 aromatic heterocycles. The van der Waals surface area contributed by atoms with E-state index in [9.17, 15) is 4.79 Å².